The van der Waals surface area contributed by atoms with Crippen LogP contribution in [0.2, 0.25) is 0 Å². The minimum Gasteiger partial charge on any atom is -0.378 e. The van der Waals surface area contributed by atoms with E-state index in [9.17, 15) is 4.39 Å². The molecule has 1 saturated heterocycles. The average Bonchev–Trinajstić information content (AvgIpc) is 2.30. The van der Waals surface area contributed by atoms with E-state index >= 15 is 0 Å². The Bertz CT molecular complexity index is 386. The third-order valence-corrected chi connectivity index (χ3v) is 3.85. The Balaban J connectivity index is 1.90. The van der Waals surface area contributed by atoms with Crippen LogP contribution in [0.3, 0.4) is 0 Å². The molecule has 0 bridgehead atoms. The summed E-state index contributed by atoms with van der Waals surface area (Å²) in [5.74, 6) is -0.189. The maximum Gasteiger partial charge on any atom is 0.123 e. The molecule has 2 atom stereocenters. The first-order valence-corrected chi connectivity index (χ1v) is 6.73. The second-order valence-corrected chi connectivity index (χ2v) is 5.37. The molecule has 0 aromatic heterocycles. The zero-order valence-corrected chi connectivity index (χ0v) is 11.5. The molecule has 1 aromatic rings. The fourth-order valence-electron chi connectivity index (χ4n) is 2.12. The highest BCUT2D eigenvalue weighted by molar-refractivity contribution is 9.10. The molecule has 4 heteroatoms. The van der Waals surface area contributed by atoms with Crippen molar-refractivity contribution < 1.29 is 9.13 Å². The molecule has 1 aliphatic rings. The molecule has 2 unspecified atom stereocenters. The van der Waals surface area contributed by atoms with E-state index in [4.69, 9.17) is 4.74 Å². The Hall–Kier alpha value is -0.450. The van der Waals surface area contributed by atoms with Gasteiger partial charge in [0.05, 0.1) is 6.10 Å². The molecule has 1 heterocycles. The molecule has 0 amide bonds. The predicted molar refractivity (Wildman–Crippen MR) is 69.4 cm³/mol. The van der Waals surface area contributed by atoms with Crippen LogP contribution in [0.4, 0.5) is 4.39 Å². The van der Waals surface area contributed by atoms with Crippen molar-refractivity contribution in [1.82, 2.24) is 5.32 Å². The Morgan fingerprint density at radius 2 is 2.35 bits per heavy atom. The van der Waals surface area contributed by atoms with E-state index in [1.165, 1.54) is 6.07 Å². The second kappa shape index (κ2) is 5.94. The van der Waals surface area contributed by atoms with Gasteiger partial charge in [-0.3, -0.25) is 0 Å². The normalized spacial score (nSPS) is 24.9. The van der Waals surface area contributed by atoms with Crippen LogP contribution in [0.5, 0.6) is 0 Å². The van der Waals surface area contributed by atoms with Crippen LogP contribution in [-0.2, 0) is 11.3 Å². The van der Waals surface area contributed by atoms with Gasteiger partial charge in [0.25, 0.3) is 0 Å². The number of hydrogen-bond acceptors (Lipinski definition) is 2. The lowest BCUT2D eigenvalue weighted by atomic mass is 10.0. The van der Waals surface area contributed by atoms with Gasteiger partial charge >= 0.3 is 0 Å². The van der Waals surface area contributed by atoms with E-state index in [0.717, 1.165) is 29.5 Å². The number of benzene rings is 1. The topological polar surface area (TPSA) is 21.3 Å². The third kappa shape index (κ3) is 3.76. The summed E-state index contributed by atoms with van der Waals surface area (Å²) in [7, 11) is 0. The van der Waals surface area contributed by atoms with Crippen LogP contribution in [0.15, 0.2) is 22.7 Å². The number of nitrogens with one attached hydrogen (secondary N) is 1. The molecule has 1 fully saturated rings. The van der Waals surface area contributed by atoms with Crippen LogP contribution < -0.4 is 5.32 Å². The largest absolute Gasteiger partial charge is 0.378 e. The van der Waals surface area contributed by atoms with Crippen molar-refractivity contribution >= 4 is 15.9 Å². The predicted octanol–water partition coefficient (Wildman–Crippen LogP) is 3.25. The van der Waals surface area contributed by atoms with Crippen molar-refractivity contribution in [2.45, 2.75) is 38.5 Å². The van der Waals surface area contributed by atoms with Gasteiger partial charge in [-0.2, -0.15) is 0 Å². The third-order valence-electron chi connectivity index (χ3n) is 3.07. The smallest absolute Gasteiger partial charge is 0.123 e. The van der Waals surface area contributed by atoms with Gasteiger partial charge in [-0.25, -0.2) is 4.39 Å². The maximum atomic E-state index is 13.1. The highest BCUT2D eigenvalue weighted by atomic mass is 79.9. The zero-order chi connectivity index (χ0) is 12.3. The second-order valence-electron chi connectivity index (χ2n) is 4.52. The molecule has 0 saturated carbocycles. The number of rotatable bonds is 3. The van der Waals surface area contributed by atoms with Gasteiger partial charge in [0.1, 0.15) is 5.82 Å². The number of hydrogen-bond donors (Lipinski definition) is 1. The molecular formula is C13H17BrFNO. The molecule has 1 aliphatic heterocycles. The van der Waals surface area contributed by atoms with Crippen LogP contribution >= 0.6 is 15.9 Å². The summed E-state index contributed by atoms with van der Waals surface area (Å²) in [5.41, 5.74) is 0.962. The van der Waals surface area contributed by atoms with E-state index in [0.29, 0.717) is 18.7 Å². The minimum absolute atomic E-state index is 0.189. The van der Waals surface area contributed by atoms with Gasteiger partial charge in [-0.05, 0) is 43.5 Å². The van der Waals surface area contributed by atoms with Crippen molar-refractivity contribution in [3.63, 3.8) is 0 Å². The van der Waals surface area contributed by atoms with Crippen LogP contribution in [0, 0.1) is 5.82 Å². The first-order chi connectivity index (χ1) is 8.15. The molecular weight excluding hydrogens is 285 g/mol. The summed E-state index contributed by atoms with van der Waals surface area (Å²) in [6.45, 7) is 3.59. The van der Waals surface area contributed by atoms with Gasteiger partial charge in [0.2, 0.25) is 0 Å². The SMILES string of the molecule is CC1CC(NCc2cc(F)ccc2Br)CCO1. The summed E-state index contributed by atoms with van der Waals surface area (Å²) >= 11 is 3.44. The van der Waals surface area contributed by atoms with Crippen molar-refractivity contribution in [2.75, 3.05) is 6.61 Å². The Morgan fingerprint density at radius 1 is 1.53 bits per heavy atom. The summed E-state index contributed by atoms with van der Waals surface area (Å²) < 4.78 is 19.6. The van der Waals surface area contributed by atoms with Crippen molar-refractivity contribution in [3.05, 3.63) is 34.1 Å². The highest BCUT2D eigenvalue weighted by Crippen LogP contribution is 2.19. The average molecular weight is 302 g/mol. The number of halogens is 2. The van der Waals surface area contributed by atoms with Crippen molar-refractivity contribution in [2.24, 2.45) is 0 Å². The molecule has 0 spiro atoms. The van der Waals surface area contributed by atoms with Gasteiger partial charge in [-0.1, -0.05) is 15.9 Å². The molecule has 1 aromatic carbocycles. The lowest BCUT2D eigenvalue weighted by Crippen LogP contribution is -2.37. The molecule has 0 radical (unpaired) electrons. The van der Waals surface area contributed by atoms with Gasteiger partial charge < -0.3 is 10.1 Å². The van der Waals surface area contributed by atoms with E-state index in [1.807, 2.05) is 0 Å². The molecule has 17 heavy (non-hydrogen) atoms. The summed E-state index contributed by atoms with van der Waals surface area (Å²) in [6.07, 6.45) is 2.36. The molecule has 2 rings (SSSR count). The molecule has 94 valence electrons. The fraction of sp³-hybridized carbons (Fsp3) is 0.538. The van der Waals surface area contributed by atoms with Crippen LogP contribution in [0.1, 0.15) is 25.3 Å². The van der Waals surface area contributed by atoms with Crippen LogP contribution in [-0.4, -0.2) is 18.8 Å². The first kappa shape index (κ1) is 13.0. The van der Waals surface area contributed by atoms with Crippen molar-refractivity contribution in [1.29, 1.82) is 0 Å². The van der Waals surface area contributed by atoms with E-state index in [-0.39, 0.29) is 5.82 Å². The molecule has 0 aliphatic carbocycles. The highest BCUT2D eigenvalue weighted by Gasteiger charge is 2.18. The van der Waals surface area contributed by atoms with Gasteiger partial charge in [0, 0.05) is 23.7 Å². The fourth-order valence-corrected chi connectivity index (χ4v) is 2.50. The molecule has 1 N–H and O–H groups in total. The quantitative estimate of drug-likeness (QED) is 0.925. The number of ether oxygens (including phenoxy) is 1. The first-order valence-electron chi connectivity index (χ1n) is 5.94. The lowest BCUT2D eigenvalue weighted by molar-refractivity contribution is 0.0130. The zero-order valence-electron chi connectivity index (χ0n) is 9.88. The Labute approximate surface area is 110 Å². The summed E-state index contributed by atoms with van der Waals surface area (Å²) in [6, 6.07) is 5.25. The lowest BCUT2D eigenvalue weighted by Gasteiger charge is -2.28. The summed E-state index contributed by atoms with van der Waals surface area (Å²) in [5, 5.41) is 3.46. The maximum absolute atomic E-state index is 13.1. The Kier molecular flexibility index (Phi) is 4.54. The monoisotopic (exact) mass is 301 g/mol. The van der Waals surface area contributed by atoms with Crippen molar-refractivity contribution in [3.8, 4) is 0 Å². The van der Waals surface area contributed by atoms with E-state index < -0.39 is 0 Å². The molecule has 2 nitrogen and oxygen atoms in total. The van der Waals surface area contributed by atoms with E-state index in [1.54, 1.807) is 12.1 Å². The minimum atomic E-state index is -0.189. The van der Waals surface area contributed by atoms with Crippen LogP contribution in [0.25, 0.3) is 0 Å². The van der Waals surface area contributed by atoms with Gasteiger partial charge in [-0.15, -0.1) is 0 Å². The van der Waals surface area contributed by atoms with Gasteiger partial charge in [0.15, 0.2) is 0 Å². The van der Waals surface area contributed by atoms with E-state index in [2.05, 4.69) is 28.2 Å². The Morgan fingerprint density at radius 3 is 3.12 bits per heavy atom. The standard InChI is InChI=1S/C13H17BrFNO/c1-9-6-12(4-5-17-9)16-8-10-7-11(15)2-3-13(10)14/h2-3,7,9,12,16H,4-6,8H2,1H3. The summed E-state index contributed by atoms with van der Waals surface area (Å²) in [4.78, 5) is 0.